The molecule has 2 aromatic carbocycles. The molecule has 1 heterocycles. The Morgan fingerprint density at radius 2 is 1.86 bits per heavy atom. The summed E-state index contributed by atoms with van der Waals surface area (Å²) in [6.45, 7) is 3.79. The fraction of sp³-hybridized carbons (Fsp3) is 0.391. The van der Waals surface area contributed by atoms with Gasteiger partial charge in [-0.3, -0.25) is 9.59 Å². The summed E-state index contributed by atoms with van der Waals surface area (Å²) in [4.78, 5) is 28.5. The average Bonchev–Trinajstić information content (AvgIpc) is 3.12. The van der Waals surface area contributed by atoms with Gasteiger partial charge >= 0.3 is 0 Å². The van der Waals surface area contributed by atoms with Crippen LogP contribution in [0.5, 0.6) is 5.75 Å². The molecule has 0 aromatic heterocycles. The zero-order valence-electron chi connectivity index (χ0n) is 16.6. The third-order valence-corrected chi connectivity index (χ3v) is 5.09. The van der Waals surface area contributed by atoms with Crippen LogP contribution >= 0.6 is 0 Å². The molecule has 0 bridgehead atoms. The minimum atomic E-state index is -0.261. The molecular formula is C23H28N2O3. The number of anilines is 1. The third-order valence-electron chi connectivity index (χ3n) is 5.09. The van der Waals surface area contributed by atoms with Crippen LogP contribution in [-0.4, -0.2) is 36.9 Å². The van der Waals surface area contributed by atoms with Crippen LogP contribution in [0.2, 0.25) is 0 Å². The Labute approximate surface area is 166 Å². The van der Waals surface area contributed by atoms with Crippen molar-refractivity contribution in [2.24, 2.45) is 5.92 Å². The van der Waals surface area contributed by atoms with Crippen molar-refractivity contribution in [1.29, 1.82) is 0 Å². The van der Waals surface area contributed by atoms with Crippen LogP contribution in [-0.2, 0) is 16.2 Å². The van der Waals surface area contributed by atoms with Crippen LogP contribution in [0.4, 0.5) is 5.69 Å². The summed E-state index contributed by atoms with van der Waals surface area (Å²) in [6.07, 6.45) is 2.31. The lowest BCUT2D eigenvalue weighted by atomic mass is 10.1. The molecule has 2 amide bonds. The highest BCUT2D eigenvalue weighted by Gasteiger charge is 2.36. The Kier molecular flexibility index (Phi) is 6.69. The summed E-state index contributed by atoms with van der Waals surface area (Å²) in [5.74, 6) is 0.557. The van der Waals surface area contributed by atoms with Gasteiger partial charge < -0.3 is 14.5 Å². The molecule has 1 aliphatic heterocycles. The standard InChI is InChI=1S/C23H28N2O3/c1-3-4-14-24(2)23(27)19-15-22(26)25(16-19)20-10-12-21(13-11-20)28-17-18-8-6-5-7-9-18/h5-13,19H,3-4,14-17H2,1-2H3. The summed E-state index contributed by atoms with van der Waals surface area (Å²) >= 11 is 0. The van der Waals surface area contributed by atoms with E-state index in [-0.39, 0.29) is 24.2 Å². The summed E-state index contributed by atoms with van der Waals surface area (Å²) in [5, 5.41) is 0. The predicted molar refractivity (Wildman–Crippen MR) is 110 cm³/mol. The van der Waals surface area contributed by atoms with Crippen molar-refractivity contribution < 1.29 is 14.3 Å². The zero-order valence-corrected chi connectivity index (χ0v) is 16.6. The van der Waals surface area contributed by atoms with Gasteiger partial charge in [0.25, 0.3) is 0 Å². The van der Waals surface area contributed by atoms with Gasteiger partial charge in [-0.15, -0.1) is 0 Å². The predicted octanol–water partition coefficient (Wildman–Crippen LogP) is 3.88. The molecular weight excluding hydrogens is 352 g/mol. The van der Waals surface area contributed by atoms with Gasteiger partial charge in [0.1, 0.15) is 12.4 Å². The van der Waals surface area contributed by atoms with Gasteiger partial charge in [-0.1, -0.05) is 43.7 Å². The lowest BCUT2D eigenvalue weighted by Gasteiger charge is -2.21. The molecule has 0 aliphatic carbocycles. The van der Waals surface area contributed by atoms with E-state index in [1.165, 1.54) is 0 Å². The highest BCUT2D eigenvalue weighted by atomic mass is 16.5. The molecule has 0 N–H and O–H groups in total. The molecule has 5 heteroatoms. The maximum atomic E-state index is 12.6. The number of carbonyl (C=O) groups is 2. The van der Waals surface area contributed by atoms with Crippen molar-refractivity contribution in [1.82, 2.24) is 4.90 Å². The lowest BCUT2D eigenvalue weighted by molar-refractivity contribution is -0.134. The number of hydrogen-bond acceptors (Lipinski definition) is 3. The summed E-state index contributed by atoms with van der Waals surface area (Å²) in [7, 11) is 1.82. The van der Waals surface area contributed by atoms with E-state index >= 15 is 0 Å². The van der Waals surface area contributed by atoms with Gasteiger partial charge in [0.05, 0.1) is 5.92 Å². The molecule has 148 valence electrons. The van der Waals surface area contributed by atoms with Crippen molar-refractivity contribution in [3.8, 4) is 5.75 Å². The molecule has 3 rings (SSSR count). The van der Waals surface area contributed by atoms with E-state index in [2.05, 4.69) is 6.92 Å². The first-order valence-electron chi connectivity index (χ1n) is 9.90. The van der Waals surface area contributed by atoms with Crippen LogP contribution in [0.3, 0.4) is 0 Å². The van der Waals surface area contributed by atoms with E-state index in [1.807, 2.05) is 61.6 Å². The molecule has 1 saturated heterocycles. The van der Waals surface area contributed by atoms with Gasteiger partial charge in [-0.2, -0.15) is 0 Å². The van der Waals surface area contributed by atoms with Crippen molar-refractivity contribution in [2.75, 3.05) is 25.0 Å². The first-order valence-corrected chi connectivity index (χ1v) is 9.90. The van der Waals surface area contributed by atoms with Crippen LogP contribution in [0.15, 0.2) is 54.6 Å². The number of hydrogen-bond donors (Lipinski definition) is 0. The van der Waals surface area contributed by atoms with E-state index in [0.717, 1.165) is 36.4 Å². The largest absolute Gasteiger partial charge is 0.489 e. The molecule has 0 radical (unpaired) electrons. The maximum absolute atomic E-state index is 12.6. The molecule has 5 nitrogen and oxygen atoms in total. The average molecular weight is 380 g/mol. The maximum Gasteiger partial charge on any atom is 0.227 e. The van der Waals surface area contributed by atoms with Crippen LogP contribution in [0.25, 0.3) is 0 Å². The Morgan fingerprint density at radius 1 is 1.14 bits per heavy atom. The molecule has 1 atom stereocenters. The van der Waals surface area contributed by atoms with Gasteiger partial charge in [0, 0.05) is 32.2 Å². The van der Waals surface area contributed by atoms with E-state index in [9.17, 15) is 9.59 Å². The smallest absolute Gasteiger partial charge is 0.227 e. The Morgan fingerprint density at radius 3 is 2.54 bits per heavy atom. The summed E-state index contributed by atoms with van der Waals surface area (Å²) in [5.41, 5.74) is 1.92. The van der Waals surface area contributed by atoms with E-state index < -0.39 is 0 Å². The van der Waals surface area contributed by atoms with Gasteiger partial charge in [0.15, 0.2) is 0 Å². The second kappa shape index (κ2) is 9.40. The Balaban J connectivity index is 1.57. The fourth-order valence-electron chi connectivity index (χ4n) is 3.40. The first kappa shape index (κ1) is 19.9. The van der Waals surface area contributed by atoms with Crippen molar-refractivity contribution in [3.05, 3.63) is 60.2 Å². The number of nitrogens with zero attached hydrogens (tertiary/aromatic N) is 2. The van der Waals surface area contributed by atoms with Crippen molar-refractivity contribution >= 4 is 17.5 Å². The highest BCUT2D eigenvalue weighted by molar-refractivity contribution is 6.00. The highest BCUT2D eigenvalue weighted by Crippen LogP contribution is 2.28. The third kappa shape index (κ3) is 4.91. The number of amides is 2. The number of benzene rings is 2. The molecule has 2 aromatic rings. The second-order valence-electron chi connectivity index (χ2n) is 7.29. The minimum Gasteiger partial charge on any atom is -0.489 e. The number of carbonyl (C=O) groups excluding carboxylic acids is 2. The monoisotopic (exact) mass is 380 g/mol. The van der Waals surface area contributed by atoms with Crippen molar-refractivity contribution in [3.63, 3.8) is 0 Å². The summed E-state index contributed by atoms with van der Waals surface area (Å²) < 4.78 is 5.80. The molecule has 1 unspecified atom stereocenters. The topological polar surface area (TPSA) is 49.9 Å². The van der Waals surface area contributed by atoms with Crippen LogP contribution in [0, 0.1) is 5.92 Å². The van der Waals surface area contributed by atoms with Crippen LogP contribution in [0.1, 0.15) is 31.7 Å². The number of rotatable bonds is 8. The normalized spacial score (nSPS) is 16.3. The molecule has 0 spiro atoms. The van der Waals surface area contributed by atoms with Gasteiger partial charge in [-0.05, 0) is 36.2 Å². The Hall–Kier alpha value is -2.82. The van der Waals surface area contributed by atoms with E-state index in [1.54, 1.807) is 9.80 Å². The zero-order chi connectivity index (χ0) is 19.9. The van der Waals surface area contributed by atoms with E-state index in [4.69, 9.17) is 4.74 Å². The fourth-order valence-corrected chi connectivity index (χ4v) is 3.40. The molecule has 1 fully saturated rings. The SMILES string of the molecule is CCCCN(C)C(=O)C1CC(=O)N(c2ccc(OCc3ccccc3)cc2)C1. The molecule has 0 saturated carbocycles. The second-order valence-corrected chi connectivity index (χ2v) is 7.29. The van der Waals surface area contributed by atoms with Crippen LogP contribution < -0.4 is 9.64 Å². The quantitative estimate of drug-likeness (QED) is 0.698. The number of ether oxygens (including phenoxy) is 1. The van der Waals surface area contributed by atoms with E-state index in [0.29, 0.717) is 13.2 Å². The van der Waals surface area contributed by atoms with Gasteiger partial charge in [-0.25, -0.2) is 0 Å². The van der Waals surface area contributed by atoms with Crippen molar-refractivity contribution in [2.45, 2.75) is 32.8 Å². The molecule has 1 aliphatic rings. The first-order chi connectivity index (χ1) is 13.6. The Bertz CT molecular complexity index is 789. The summed E-state index contributed by atoms with van der Waals surface area (Å²) in [6, 6.07) is 17.5. The lowest BCUT2D eigenvalue weighted by Crippen LogP contribution is -2.35. The molecule has 28 heavy (non-hydrogen) atoms. The minimum absolute atomic E-state index is 0.000181. The number of unbranched alkanes of at least 4 members (excludes halogenated alkanes) is 1. The van der Waals surface area contributed by atoms with Gasteiger partial charge in [0.2, 0.25) is 11.8 Å².